The Balaban J connectivity index is 2.37. The molecule has 0 amide bonds. The molecular weight excluding hydrogens is 301 g/mol. The van der Waals surface area contributed by atoms with Crippen LogP contribution < -0.4 is 16.3 Å². The van der Waals surface area contributed by atoms with Crippen molar-refractivity contribution in [3.05, 3.63) is 70.1 Å². The highest BCUT2D eigenvalue weighted by Crippen LogP contribution is 2.11. The Bertz CT molecular complexity index is 859. The molecule has 0 atom stereocenters. The first-order valence-electron chi connectivity index (χ1n) is 8.18. The monoisotopic (exact) mass is 325 g/mol. The molecule has 2 aromatic rings. The van der Waals surface area contributed by atoms with Gasteiger partial charge in [0.05, 0.1) is 6.54 Å². The average Bonchev–Trinajstić information content (AvgIpc) is 2.95. The van der Waals surface area contributed by atoms with Crippen LogP contribution in [0.1, 0.15) is 37.8 Å². The number of nitrogens with two attached hydrogens (primary N) is 1. The molecule has 0 saturated carbocycles. The fraction of sp³-hybridized carbons (Fsp3) is 0.250. The highest BCUT2D eigenvalue weighted by atomic mass is 19.1. The summed E-state index contributed by atoms with van der Waals surface area (Å²) in [6, 6.07) is 6.72. The van der Waals surface area contributed by atoms with Gasteiger partial charge in [0.25, 0.3) is 0 Å². The summed E-state index contributed by atoms with van der Waals surface area (Å²) in [5, 5.41) is 9.56. The Kier molecular flexibility index (Phi) is 6.13. The molecule has 0 unspecified atom stereocenters. The lowest BCUT2D eigenvalue weighted by atomic mass is 10.1. The second kappa shape index (κ2) is 8.29. The summed E-state index contributed by atoms with van der Waals surface area (Å²) < 4.78 is 16.3. The van der Waals surface area contributed by atoms with Gasteiger partial charge in [-0.1, -0.05) is 43.7 Å². The number of nitrogens with zero attached hydrogens (tertiary/aromatic N) is 1. The minimum atomic E-state index is -0.342. The molecule has 4 heteroatoms. The zero-order valence-corrected chi connectivity index (χ0v) is 14.2. The highest BCUT2D eigenvalue weighted by Gasteiger charge is 2.06. The molecule has 3 N–H and O–H groups in total. The molecular formula is C20H24FN3. The molecule has 0 spiro atoms. The maximum atomic E-state index is 14.3. The summed E-state index contributed by atoms with van der Waals surface area (Å²) in [7, 11) is 0. The highest BCUT2D eigenvalue weighted by molar-refractivity contribution is 5.94. The number of nitrogen functional groups attached to an aromatic ring is 1. The molecule has 2 rings (SSSR count). The lowest BCUT2D eigenvalue weighted by molar-refractivity contribution is 0.597. The molecule has 126 valence electrons. The van der Waals surface area contributed by atoms with Crippen molar-refractivity contribution in [2.75, 3.05) is 0 Å². The molecule has 0 fully saturated rings. The van der Waals surface area contributed by atoms with E-state index >= 15 is 0 Å². The maximum absolute atomic E-state index is 14.3. The predicted octanol–water partition coefficient (Wildman–Crippen LogP) is 2.90. The van der Waals surface area contributed by atoms with Crippen LogP contribution in [0.3, 0.4) is 0 Å². The Morgan fingerprint density at radius 1 is 1.33 bits per heavy atom. The van der Waals surface area contributed by atoms with E-state index in [2.05, 4.69) is 25.2 Å². The molecule has 1 heterocycles. The van der Waals surface area contributed by atoms with Crippen molar-refractivity contribution >= 4 is 18.0 Å². The summed E-state index contributed by atoms with van der Waals surface area (Å²) in [6.07, 6.45) is 12.4. The summed E-state index contributed by atoms with van der Waals surface area (Å²) in [5.41, 5.74) is 6.38. The number of hydrogen-bond acceptors (Lipinski definition) is 1. The first kappa shape index (κ1) is 17.7. The van der Waals surface area contributed by atoms with Gasteiger partial charge in [0, 0.05) is 22.7 Å². The fourth-order valence-corrected chi connectivity index (χ4v) is 2.52. The molecule has 0 aliphatic rings. The Morgan fingerprint density at radius 3 is 2.75 bits per heavy atom. The molecule has 0 saturated heterocycles. The average molecular weight is 325 g/mol. The van der Waals surface area contributed by atoms with Gasteiger partial charge >= 0.3 is 0 Å². The van der Waals surface area contributed by atoms with E-state index in [0.29, 0.717) is 17.7 Å². The largest absolute Gasteiger partial charge is 0.384 e. The van der Waals surface area contributed by atoms with Crippen LogP contribution >= 0.6 is 0 Å². The van der Waals surface area contributed by atoms with Crippen LogP contribution in [0.15, 0.2) is 42.6 Å². The number of aromatic nitrogens is 1. The van der Waals surface area contributed by atoms with Gasteiger partial charge in [-0.3, -0.25) is 5.41 Å². The lowest BCUT2D eigenvalue weighted by Gasteiger charge is -2.07. The van der Waals surface area contributed by atoms with E-state index in [0.717, 1.165) is 23.4 Å². The smallest absolute Gasteiger partial charge is 0.128 e. The van der Waals surface area contributed by atoms with Crippen molar-refractivity contribution in [3.8, 4) is 0 Å². The zero-order valence-electron chi connectivity index (χ0n) is 14.2. The number of halogens is 1. The minimum absolute atomic E-state index is 0.126. The topological polar surface area (TPSA) is 54.8 Å². The van der Waals surface area contributed by atoms with Crippen molar-refractivity contribution in [3.63, 3.8) is 0 Å². The number of hydrogen-bond donors (Lipinski definition) is 2. The van der Waals surface area contributed by atoms with Crippen molar-refractivity contribution in [1.29, 1.82) is 5.41 Å². The first-order valence-corrected chi connectivity index (χ1v) is 8.18. The molecule has 0 aliphatic carbocycles. The SMILES string of the molecule is C/C=c1/ccn(Cc2ccc(C(=N)N)cc2F)/c1=C/C=C\CCC. The van der Waals surface area contributed by atoms with Crippen LogP contribution in [-0.2, 0) is 6.54 Å². The van der Waals surface area contributed by atoms with Crippen LogP contribution in [0.4, 0.5) is 4.39 Å². The first-order chi connectivity index (χ1) is 11.6. The molecule has 3 nitrogen and oxygen atoms in total. The van der Waals surface area contributed by atoms with E-state index in [-0.39, 0.29) is 11.7 Å². The minimum Gasteiger partial charge on any atom is -0.384 e. The van der Waals surface area contributed by atoms with Gasteiger partial charge in [-0.2, -0.15) is 0 Å². The standard InChI is InChI=1S/C20H24FN3/c1-3-5-6-7-8-19-15(4-2)11-12-24(19)14-17-10-9-16(20(22)23)13-18(17)21/h4,6-13H,3,5,14H2,1-2H3,(H3,22,23)/b7-6-,15-4-,19-8+. The number of rotatable bonds is 6. The predicted molar refractivity (Wildman–Crippen MR) is 98.9 cm³/mol. The third-order valence-electron chi connectivity index (χ3n) is 3.90. The third kappa shape index (κ3) is 4.22. The molecule has 0 bridgehead atoms. The number of benzene rings is 1. The van der Waals surface area contributed by atoms with Gasteiger partial charge in [-0.15, -0.1) is 0 Å². The summed E-state index contributed by atoms with van der Waals surface area (Å²) in [6.45, 7) is 4.58. The van der Waals surface area contributed by atoms with E-state index in [9.17, 15) is 4.39 Å². The van der Waals surface area contributed by atoms with E-state index in [4.69, 9.17) is 11.1 Å². The Morgan fingerprint density at radius 2 is 2.12 bits per heavy atom. The molecule has 1 aromatic heterocycles. The Hall–Kier alpha value is -2.62. The second-order valence-electron chi connectivity index (χ2n) is 5.68. The summed E-state index contributed by atoms with van der Waals surface area (Å²) in [4.78, 5) is 0. The van der Waals surface area contributed by atoms with Gasteiger partial charge in [0.1, 0.15) is 11.7 Å². The van der Waals surface area contributed by atoms with Gasteiger partial charge in [-0.25, -0.2) is 4.39 Å². The quantitative estimate of drug-likeness (QED) is 0.623. The number of nitrogens with one attached hydrogen (secondary N) is 1. The van der Waals surface area contributed by atoms with E-state index in [1.165, 1.54) is 6.07 Å². The number of amidine groups is 1. The fourth-order valence-electron chi connectivity index (χ4n) is 2.52. The van der Waals surface area contributed by atoms with Crippen molar-refractivity contribution in [1.82, 2.24) is 4.57 Å². The number of allylic oxidation sites excluding steroid dienone is 2. The van der Waals surface area contributed by atoms with Crippen molar-refractivity contribution in [2.45, 2.75) is 33.2 Å². The van der Waals surface area contributed by atoms with Crippen LogP contribution in [0.2, 0.25) is 0 Å². The number of unbranched alkanes of at least 4 members (excludes halogenated alkanes) is 1. The third-order valence-corrected chi connectivity index (χ3v) is 3.90. The van der Waals surface area contributed by atoms with Crippen LogP contribution in [0.25, 0.3) is 12.2 Å². The van der Waals surface area contributed by atoms with E-state index in [1.807, 2.05) is 29.8 Å². The maximum Gasteiger partial charge on any atom is 0.128 e. The van der Waals surface area contributed by atoms with E-state index < -0.39 is 0 Å². The van der Waals surface area contributed by atoms with Crippen LogP contribution in [-0.4, -0.2) is 10.4 Å². The Labute approximate surface area is 142 Å². The summed E-state index contributed by atoms with van der Waals surface area (Å²) >= 11 is 0. The van der Waals surface area contributed by atoms with Gasteiger partial charge in [0.15, 0.2) is 0 Å². The second-order valence-corrected chi connectivity index (χ2v) is 5.68. The summed E-state index contributed by atoms with van der Waals surface area (Å²) in [5.74, 6) is -0.467. The normalized spacial score (nSPS) is 13.1. The zero-order chi connectivity index (χ0) is 17.5. The van der Waals surface area contributed by atoms with Crippen LogP contribution in [0, 0.1) is 11.2 Å². The van der Waals surface area contributed by atoms with Gasteiger partial charge in [0.2, 0.25) is 0 Å². The van der Waals surface area contributed by atoms with Crippen LogP contribution in [0.5, 0.6) is 0 Å². The van der Waals surface area contributed by atoms with E-state index in [1.54, 1.807) is 12.1 Å². The van der Waals surface area contributed by atoms with Gasteiger partial charge in [-0.05, 0) is 36.8 Å². The molecule has 24 heavy (non-hydrogen) atoms. The molecule has 1 aromatic carbocycles. The van der Waals surface area contributed by atoms with Gasteiger partial charge < -0.3 is 10.3 Å². The van der Waals surface area contributed by atoms with Crippen molar-refractivity contribution < 1.29 is 4.39 Å². The van der Waals surface area contributed by atoms with Crippen molar-refractivity contribution in [2.24, 2.45) is 5.73 Å². The lowest BCUT2D eigenvalue weighted by Crippen LogP contribution is -2.29. The molecule has 0 aliphatic heterocycles. The molecule has 0 radical (unpaired) electrons.